The van der Waals surface area contributed by atoms with Gasteiger partial charge in [0.15, 0.2) is 0 Å². The lowest BCUT2D eigenvalue weighted by molar-refractivity contribution is 0.0250. The largest absolute Gasteiger partial charge is 0.385 e. The van der Waals surface area contributed by atoms with E-state index in [1.165, 1.54) is 0 Å². The molecule has 6 heteroatoms. The predicted octanol–water partition coefficient (Wildman–Crippen LogP) is 1.89. The van der Waals surface area contributed by atoms with Gasteiger partial charge in [0.05, 0.1) is 10.5 Å². The Morgan fingerprint density at radius 3 is 3.00 bits per heavy atom. The first-order chi connectivity index (χ1) is 10.0. The smallest absolute Gasteiger partial charge is 0.241 e. The second-order valence-electron chi connectivity index (χ2n) is 6.04. The standard InChI is InChI=1S/C15H22N2O3S/c1-15(8-4-10-20-15)11-17-21(18,19)14-7-2-6-13-12(14)5-3-9-16-13/h2,6-7,16-17H,3-5,8-11H2,1H3. The van der Waals surface area contributed by atoms with E-state index in [1.807, 2.05) is 13.0 Å². The third-order valence-electron chi connectivity index (χ3n) is 4.28. The molecule has 116 valence electrons. The van der Waals surface area contributed by atoms with Crippen LogP contribution in [0, 0.1) is 0 Å². The molecule has 0 saturated carbocycles. The molecule has 0 spiro atoms. The highest BCUT2D eigenvalue weighted by atomic mass is 32.2. The van der Waals surface area contributed by atoms with Gasteiger partial charge in [-0.15, -0.1) is 0 Å². The summed E-state index contributed by atoms with van der Waals surface area (Å²) in [5.41, 5.74) is 1.46. The lowest BCUT2D eigenvalue weighted by atomic mass is 10.0. The zero-order chi connectivity index (χ0) is 14.9. The summed E-state index contributed by atoms with van der Waals surface area (Å²) in [6.07, 6.45) is 3.64. The van der Waals surface area contributed by atoms with Gasteiger partial charge in [-0.2, -0.15) is 0 Å². The lowest BCUT2D eigenvalue weighted by Crippen LogP contribution is -2.40. The zero-order valence-electron chi connectivity index (χ0n) is 12.3. The number of hydrogen-bond donors (Lipinski definition) is 2. The minimum Gasteiger partial charge on any atom is -0.385 e. The zero-order valence-corrected chi connectivity index (χ0v) is 13.1. The molecule has 5 nitrogen and oxygen atoms in total. The van der Waals surface area contributed by atoms with Crippen molar-refractivity contribution >= 4 is 15.7 Å². The van der Waals surface area contributed by atoms with E-state index < -0.39 is 10.0 Å². The maximum absolute atomic E-state index is 12.6. The van der Waals surface area contributed by atoms with Crippen molar-refractivity contribution in [2.75, 3.05) is 25.0 Å². The van der Waals surface area contributed by atoms with Crippen LogP contribution < -0.4 is 10.0 Å². The molecule has 2 heterocycles. The molecule has 1 saturated heterocycles. The van der Waals surface area contributed by atoms with Crippen LogP contribution in [0.1, 0.15) is 31.7 Å². The van der Waals surface area contributed by atoms with Gasteiger partial charge in [-0.25, -0.2) is 13.1 Å². The number of benzene rings is 1. The number of sulfonamides is 1. The van der Waals surface area contributed by atoms with Gasteiger partial charge >= 0.3 is 0 Å². The number of ether oxygens (including phenoxy) is 1. The first-order valence-corrected chi connectivity index (χ1v) is 8.98. The topological polar surface area (TPSA) is 67.4 Å². The van der Waals surface area contributed by atoms with Crippen LogP contribution in [0.3, 0.4) is 0 Å². The van der Waals surface area contributed by atoms with E-state index >= 15 is 0 Å². The molecule has 21 heavy (non-hydrogen) atoms. The Hall–Kier alpha value is -1.11. The molecule has 1 aromatic carbocycles. The van der Waals surface area contributed by atoms with E-state index in [9.17, 15) is 8.42 Å². The second kappa shape index (κ2) is 5.59. The van der Waals surface area contributed by atoms with Crippen molar-refractivity contribution in [3.8, 4) is 0 Å². The molecule has 1 fully saturated rings. The Morgan fingerprint density at radius 1 is 1.38 bits per heavy atom. The average Bonchev–Trinajstić information content (AvgIpc) is 2.92. The van der Waals surface area contributed by atoms with Crippen molar-refractivity contribution in [2.45, 2.75) is 43.1 Å². The molecule has 2 aliphatic rings. The Labute approximate surface area is 126 Å². The summed E-state index contributed by atoms with van der Waals surface area (Å²) in [7, 11) is -3.50. The van der Waals surface area contributed by atoms with E-state index in [-0.39, 0.29) is 5.60 Å². The molecule has 1 unspecified atom stereocenters. The van der Waals surface area contributed by atoms with E-state index in [4.69, 9.17) is 4.74 Å². The fourth-order valence-corrected chi connectivity index (χ4v) is 4.48. The van der Waals surface area contributed by atoms with E-state index in [0.29, 0.717) is 18.0 Å². The normalized spacial score (nSPS) is 25.4. The minimum absolute atomic E-state index is 0.326. The average molecular weight is 310 g/mol. The van der Waals surface area contributed by atoms with Crippen LogP contribution in [0.4, 0.5) is 5.69 Å². The van der Waals surface area contributed by atoms with Gasteiger partial charge in [0.1, 0.15) is 0 Å². The van der Waals surface area contributed by atoms with Crippen molar-refractivity contribution in [1.82, 2.24) is 4.72 Å². The number of nitrogens with one attached hydrogen (secondary N) is 2. The molecule has 0 amide bonds. The third kappa shape index (κ3) is 3.07. The van der Waals surface area contributed by atoms with Crippen molar-refractivity contribution in [1.29, 1.82) is 0 Å². The molecular formula is C15H22N2O3S. The van der Waals surface area contributed by atoms with Crippen LogP contribution in [0.2, 0.25) is 0 Å². The Bertz CT molecular complexity index is 622. The van der Waals surface area contributed by atoms with Gasteiger partial charge in [-0.05, 0) is 50.3 Å². The number of anilines is 1. The van der Waals surface area contributed by atoms with Gasteiger partial charge in [0, 0.05) is 25.4 Å². The van der Waals surface area contributed by atoms with Gasteiger partial charge in [-0.1, -0.05) is 6.07 Å². The van der Waals surface area contributed by atoms with Crippen LogP contribution in [0.15, 0.2) is 23.1 Å². The first kappa shape index (κ1) is 14.8. The molecule has 1 aromatic rings. The first-order valence-electron chi connectivity index (χ1n) is 7.50. The quantitative estimate of drug-likeness (QED) is 0.891. The number of fused-ring (bicyclic) bond motifs is 1. The Kier molecular flexibility index (Phi) is 3.94. The number of hydrogen-bond acceptors (Lipinski definition) is 4. The van der Waals surface area contributed by atoms with E-state index in [1.54, 1.807) is 12.1 Å². The fourth-order valence-electron chi connectivity index (χ4n) is 3.03. The fraction of sp³-hybridized carbons (Fsp3) is 0.600. The maximum atomic E-state index is 12.6. The summed E-state index contributed by atoms with van der Waals surface area (Å²) in [5, 5.41) is 3.26. The molecule has 3 rings (SSSR count). The second-order valence-corrected chi connectivity index (χ2v) is 7.77. The summed E-state index contributed by atoms with van der Waals surface area (Å²) in [5.74, 6) is 0. The molecule has 0 aliphatic carbocycles. The highest BCUT2D eigenvalue weighted by molar-refractivity contribution is 7.89. The van der Waals surface area contributed by atoms with Gasteiger partial charge in [-0.3, -0.25) is 0 Å². The Balaban J connectivity index is 1.82. The van der Waals surface area contributed by atoms with Crippen LogP contribution in [-0.4, -0.2) is 33.7 Å². The lowest BCUT2D eigenvalue weighted by Gasteiger charge is -2.25. The van der Waals surface area contributed by atoms with Crippen LogP contribution in [0.25, 0.3) is 0 Å². The van der Waals surface area contributed by atoms with Crippen LogP contribution >= 0.6 is 0 Å². The van der Waals surface area contributed by atoms with Crippen LogP contribution in [-0.2, 0) is 21.2 Å². The number of rotatable bonds is 4. The Morgan fingerprint density at radius 2 is 2.24 bits per heavy atom. The minimum atomic E-state index is -3.50. The molecule has 0 bridgehead atoms. The van der Waals surface area contributed by atoms with Crippen molar-refractivity contribution < 1.29 is 13.2 Å². The summed E-state index contributed by atoms with van der Waals surface area (Å²) in [6.45, 7) is 3.90. The molecule has 1 atom stereocenters. The summed E-state index contributed by atoms with van der Waals surface area (Å²) < 4.78 is 33.6. The predicted molar refractivity (Wildman–Crippen MR) is 82.0 cm³/mol. The highest BCUT2D eigenvalue weighted by Gasteiger charge is 2.32. The van der Waals surface area contributed by atoms with Gasteiger partial charge < -0.3 is 10.1 Å². The van der Waals surface area contributed by atoms with E-state index in [2.05, 4.69) is 10.0 Å². The maximum Gasteiger partial charge on any atom is 0.241 e. The van der Waals surface area contributed by atoms with Crippen molar-refractivity contribution in [2.24, 2.45) is 0 Å². The summed E-state index contributed by atoms with van der Waals surface area (Å²) >= 11 is 0. The molecule has 2 aliphatic heterocycles. The molecule has 0 aromatic heterocycles. The van der Waals surface area contributed by atoms with Gasteiger partial charge in [0.25, 0.3) is 0 Å². The molecule has 0 radical (unpaired) electrons. The third-order valence-corrected chi connectivity index (χ3v) is 5.76. The molecule has 2 N–H and O–H groups in total. The van der Waals surface area contributed by atoms with E-state index in [0.717, 1.165) is 43.5 Å². The summed E-state index contributed by atoms with van der Waals surface area (Å²) in [6, 6.07) is 5.42. The highest BCUT2D eigenvalue weighted by Crippen LogP contribution is 2.29. The van der Waals surface area contributed by atoms with Crippen molar-refractivity contribution in [3.05, 3.63) is 23.8 Å². The SMILES string of the molecule is CC1(CNS(=O)(=O)c2cccc3c2CCCN3)CCCO1. The van der Waals surface area contributed by atoms with Crippen molar-refractivity contribution in [3.63, 3.8) is 0 Å². The van der Waals surface area contributed by atoms with Gasteiger partial charge in [0.2, 0.25) is 10.0 Å². The summed E-state index contributed by atoms with van der Waals surface area (Å²) in [4.78, 5) is 0.397. The monoisotopic (exact) mass is 310 g/mol. The molecular weight excluding hydrogens is 288 g/mol. The van der Waals surface area contributed by atoms with Crippen LogP contribution in [0.5, 0.6) is 0 Å².